The highest BCUT2D eigenvalue weighted by atomic mass is 14.0. The van der Waals surface area contributed by atoms with Crippen LogP contribution in [0.15, 0.2) is 84.9 Å². The lowest BCUT2D eigenvalue weighted by molar-refractivity contribution is 1.46. The van der Waals surface area contributed by atoms with Crippen molar-refractivity contribution in [2.45, 2.75) is 13.8 Å². The first-order valence-electron chi connectivity index (χ1n) is 6.90. The molecular weight excluding hydrogens is 240 g/mol. The summed E-state index contributed by atoms with van der Waals surface area (Å²) in [6, 6.07) is 29.2. The zero-order valence-electron chi connectivity index (χ0n) is 12.1. The van der Waals surface area contributed by atoms with Crippen molar-refractivity contribution in [3.63, 3.8) is 0 Å². The monoisotopic (exact) mass is 260 g/mol. The summed E-state index contributed by atoms with van der Waals surface area (Å²) in [7, 11) is 0. The van der Waals surface area contributed by atoms with Crippen molar-refractivity contribution < 1.29 is 0 Å². The molecule has 0 bridgehead atoms. The first-order chi connectivity index (χ1) is 9.77. The predicted molar refractivity (Wildman–Crippen MR) is 87.8 cm³/mol. The average molecular weight is 260 g/mol. The second kappa shape index (κ2) is 7.30. The average Bonchev–Trinajstić information content (AvgIpc) is 2.50. The van der Waals surface area contributed by atoms with Crippen LogP contribution >= 0.6 is 0 Å². The fourth-order valence-corrected chi connectivity index (χ4v) is 2.05. The van der Waals surface area contributed by atoms with Gasteiger partial charge in [-0.2, -0.15) is 0 Å². The van der Waals surface area contributed by atoms with Gasteiger partial charge in [-0.25, -0.2) is 0 Å². The second-order valence-corrected chi connectivity index (χ2v) is 4.84. The summed E-state index contributed by atoms with van der Waals surface area (Å²) >= 11 is 0. The molecule has 20 heavy (non-hydrogen) atoms. The van der Waals surface area contributed by atoms with Crippen LogP contribution in [0.5, 0.6) is 0 Å². The molecule has 3 aromatic rings. The van der Waals surface area contributed by atoms with Crippen molar-refractivity contribution in [3.8, 4) is 11.1 Å². The molecule has 0 aliphatic rings. The van der Waals surface area contributed by atoms with Crippen LogP contribution in [0.1, 0.15) is 11.1 Å². The summed E-state index contributed by atoms with van der Waals surface area (Å²) in [5.41, 5.74) is 5.26. The summed E-state index contributed by atoms with van der Waals surface area (Å²) < 4.78 is 0. The molecule has 0 spiro atoms. The van der Waals surface area contributed by atoms with Gasteiger partial charge in [-0.05, 0) is 30.5 Å². The minimum absolute atomic E-state index is 1.29. The van der Waals surface area contributed by atoms with Crippen molar-refractivity contribution in [1.29, 1.82) is 0 Å². The molecule has 0 aromatic heterocycles. The van der Waals surface area contributed by atoms with Crippen LogP contribution in [0.4, 0.5) is 0 Å². The van der Waals surface area contributed by atoms with Crippen LogP contribution in [-0.4, -0.2) is 0 Å². The largest absolute Gasteiger partial charge is 0.0622 e. The number of hydrogen-bond donors (Lipinski definition) is 0. The highest BCUT2D eigenvalue weighted by Crippen LogP contribution is 2.21. The summed E-state index contributed by atoms with van der Waals surface area (Å²) in [5, 5.41) is 0. The molecule has 0 saturated heterocycles. The molecule has 0 heterocycles. The summed E-state index contributed by atoms with van der Waals surface area (Å²) in [5.74, 6) is 0. The van der Waals surface area contributed by atoms with Crippen LogP contribution in [0.2, 0.25) is 0 Å². The lowest BCUT2D eigenvalue weighted by Crippen LogP contribution is -1.80. The minimum Gasteiger partial charge on any atom is -0.0622 e. The fraction of sp³-hybridized carbons (Fsp3) is 0.100. The third-order valence-electron chi connectivity index (χ3n) is 3.17. The molecule has 0 atom stereocenters. The molecule has 0 aliphatic heterocycles. The maximum absolute atomic E-state index is 2.16. The van der Waals surface area contributed by atoms with E-state index < -0.39 is 0 Å². The smallest absolute Gasteiger partial charge is 0.0155 e. The van der Waals surface area contributed by atoms with Crippen molar-refractivity contribution in [1.82, 2.24) is 0 Å². The van der Waals surface area contributed by atoms with Crippen LogP contribution in [0, 0.1) is 13.8 Å². The Balaban J connectivity index is 0.000000178. The summed E-state index contributed by atoms with van der Waals surface area (Å²) in [4.78, 5) is 0. The molecule has 0 radical (unpaired) electrons. The van der Waals surface area contributed by atoms with E-state index in [0.29, 0.717) is 0 Å². The van der Waals surface area contributed by atoms with Gasteiger partial charge in [0, 0.05) is 0 Å². The zero-order valence-corrected chi connectivity index (χ0v) is 12.1. The molecule has 0 N–H and O–H groups in total. The van der Waals surface area contributed by atoms with Crippen LogP contribution in [0.25, 0.3) is 11.1 Å². The zero-order chi connectivity index (χ0) is 14.2. The van der Waals surface area contributed by atoms with Gasteiger partial charge in [0.15, 0.2) is 0 Å². The number of benzene rings is 3. The maximum atomic E-state index is 2.16. The van der Waals surface area contributed by atoms with E-state index >= 15 is 0 Å². The van der Waals surface area contributed by atoms with E-state index in [1.165, 1.54) is 22.3 Å². The Hall–Kier alpha value is -2.34. The highest BCUT2D eigenvalue weighted by Gasteiger charge is 1.97. The van der Waals surface area contributed by atoms with Crippen molar-refractivity contribution >= 4 is 0 Å². The fourth-order valence-electron chi connectivity index (χ4n) is 2.05. The molecule has 0 fully saturated rings. The van der Waals surface area contributed by atoms with Gasteiger partial charge in [-0.3, -0.25) is 0 Å². The molecular formula is C20H20. The van der Waals surface area contributed by atoms with Crippen molar-refractivity contribution in [2.24, 2.45) is 0 Å². The van der Waals surface area contributed by atoms with Gasteiger partial charge in [0.2, 0.25) is 0 Å². The van der Waals surface area contributed by atoms with Gasteiger partial charge >= 0.3 is 0 Å². The van der Waals surface area contributed by atoms with Crippen molar-refractivity contribution in [3.05, 3.63) is 96.1 Å². The Morgan fingerprint density at radius 2 is 1.00 bits per heavy atom. The van der Waals surface area contributed by atoms with Crippen molar-refractivity contribution in [2.75, 3.05) is 0 Å². The Bertz CT molecular complexity index is 624. The lowest BCUT2D eigenvalue weighted by Gasteiger charge is -2.04. The van der Waals surface area contributed by atoms with Gasteiger partial charge < -0.3 is 0 Å². The van der Waals surface area contributed by atoms with Crippen LogP contribution < -0.4 is 0 Å². The molecule has 100 valence electrons. The Labute approximate surface area is 121 Å². The highest BCUT2D eigenvalue weighted by molar-refractivity contribution is 5.66. The molecule has 0 nitrogen and oxygen atoms in total. The minimum atomic E-state index is 1.29. The Kier molecular flexibility index (Phi) is 5.14. The third-order valence-corrected chi connectivity index (χ3v) is 3.17. The molecule has 3 rings (SSSR count). The number of hydrogen-bond acceptors (Lipinski definition) is 0. The van der Waals surface area contributed by atoms with Crippen LogP contribution in [0.3, 0.4) is 0 Å². The van der Waals surface area contributed by atoms with E-state index in [0.717, 1.165) is 0 Å². The van der Waals surface area contributed by atoms with Gasteiger partial charge in [-0.1, -0.05) is 90.5 Å². The molecule has 0 saturated carbocycles. The van der Waals surface area contributed by atoms with E-state index in [1.54, 1.807) is 0 Å². The Morgan fingerprint density at radius 1 is 0.500 bits per heavy atom. The first-order valence-corrected chi connectivity index (χ1v) is 6.90. The van der Waals surface area contributed by atoms with E-state index in [2.05, 4.69) is 74.5 Å². The van der Waals surface area contributed by atoms with E-state index in [1.807, 2.05) is 24.3 Å². The number of rotatable bonds is 1. The predicted octanol–water partition coefficient (Wildman–Crippen LogP) is 5.66. The quantitative estimate of drug-likeness (QED) is 0.530. The second-order valence-electron chi connectivity index (χ2n) is 4.84. The standard InChI is InChI=1S/C13H12.C7H8/c1-11-7-5-6-10-13(11)12-8-3-2-4-9-12;1-7-5-3-2-4-6-7/h2-10H,1H3;2-6H,1H3. The Morgan fingerprint density at radius 3 is 1.50 bits per heavy atom. The lowest BCUT2D eigenvalue weighted by atomic mass is 10.0. The first kappa shape index (κ1) is 14.1. The number of aryl methyl sites for hydroxylation is 2. The van der Waals surface area contributed by atoms with Gasteiger partial charge in [0.25, 0.3) is 0 Å². The molecule has 3 aromatic carbocycles. The summed E-state index contributed by atoms with van der Waals surface area (Å²) in [6.45, 7) is 4.22. The van der Waals surface area contributed by atoms with Gasteiger partial charge in [0.05, 0.1) is 0 Å². The maximum Gasteiger partial charge on any atom is -0.0155 e. The SMILES string of the molecule is Cc1ccccc1.Cc1ccccc1-c1ccccc1. The summed E-state index contributed by atoms with van der Waals surface area (Å²) in [6.07, 6.45) is 0. The molecule has 0 amide bonds. The van der Waals surface area contributed by atoms with Gasteiger partial charge in [0.1, 0.15) is 0 Å². The molecule has 0 aliphatic carbocycles. The van der Waals surface area contributed by atoms with E-state index in [9.17, 15) is 0 Å². The molecule has 0 unspecified atom stereocenters. The van der Waals surface area contributed by atoms with E-state index in [-0.39, 0.29) is 0 Å². The molecule has 0 heteroatoms. The van der Waals surface area contributed by atoms with Gasteiger partial charge in [-0.15, -0.1) is 0 Å². The topological polar surface area (TPSA) is 0 Å². The van der Waals surface area contributed by atoms with E-state index in [4.69, 9.17) is 0 Å². The normalized spacial score (nSPS) is 9.50. The van der Waals surface area contributed by atoms with Crippen LogP contribution in [-0.2, 0) is 0 Å². The third kappa shape index (κ3) is 4.10.